The first-order valence-corrected chi connectivity index (χ1v) is 8.61. The minimum Gasteiger partial charge on any atom is -0.346 e. The van der Waals surface area contributed by atoms with Gasteiger partial charge in [0, 0.05) is 51.5 Å². The van der Waals surface area contributed by atoms with Crippen LogP contribution in [0, 0.1) is 11.3 Å². The number of hydrogen-bond donors (Lipinski definition) is 0. The molecule has 0 radical (unpaired) electrons. The zero-order valence-corrected chi connectivity index (χ0v) is 14.4. The van der Waals surface area contributed by atoms with E-state index in [1.54, 1.807) is 16.0 Å². The molecule has 0 bridgehead atoms. The van der Waals surface area contributed by atoms with Crippen LogP contribution >= 0.6 is 0 Å². The first kappa shape index (κ1) is 17.0. The molecule has 0 aromatic heterocycles. The van der Waals surface area contributed by atoms with Crippen LogP contribution in [0.3, 0.4) is 0 Å². The van der Waals surface area contributed by atoms with Crippen molar-refractivity contribution in [2.75, 3.05) is 37.6 Å². The number of nitriles is 1. The van der Waals surface area contributed by atoms with Crippen LogP contribution in [-0.4, -0.2) is 54.3 Å². The van der Waals surface area contributed by atoms with Crippen LogP contribution in [0.2, 0.25) is 0 Å². The molecule has 2 aliphatic rings. The summed E-state index contributed by atoms with van der Waals surface area (Å²) < 4.78 is 0. The quantitative estimate of drug-likeness (QED) is 0.606. The highest BCUT2D eigenvalue weighted by Crippen LogP contribution is 2.27. The molecule has 1 saturated heterocycles. The Kier molecular flexibility index (Phi) is 5.03. The number of benzene rings is 1. The summed E-state index contributed by atoms with van der Waals surface area (Å²) >= 11 is 0. The lowest BCUT2D eigenvalue weighted by molar-refractivity contribution is -0.136. The van der Waals surface area contributed by atoms with Gasteiger partial charge < -0.3 is 14.7 Å². The Balaban J connectivity index is 1.75. The van der Waals surface area contributed by atoms with Crippen LogP contribution in [0.25, 0.3) is 0 Å². The van der Waals surface area contributed by atoms with Gasteiger partial charge in [0.25, 0.3) is 5.91 Å². The zero-order chi connectivity index (χ0) is 17.8. The van der Waals surface area contributed by atoms with Gasteiger partial charge in [0.2, 0.25) is 5.91 Å². The van der Waals surface area contributed by atoms with Crippen molar-refractivity contribution in [1.82, 2.24) is 9.80 Å². The van der Waals surface area contributed by atoms with E-state index in [1.807, 2.05) is 23.1 Å². The molecule has 6 heteroatoms. The molecular formula is C19H22N4O2. The van der Waals surface area contributed by atoms with E-state index in [0.717, 1.165) is 25.1 Å². The van der Waals surface area contributed by atoms with Crippen LogP contribution in [0.15, 0.2) is 36.0 Å². The number of aryl methyl sites for hydroxylation is 1. The van der Waals surface area contributed by atoms with E-state index in [-0.39, 0.29) is 17.4 Å². The van der Waals surface area contributed by atoms with Gasteiger partial charge in [-0.05, 0) is 24.5 Å². The van der Waals surface area contributed by atoms with Crippen molar-refractivity contribution in [3.05, 3.63) is 41.6 Å². The molecule has 0 N–H and O–H groups in total. The summed E-state index contributed by atoms with van der Waals surface area (Å²) in [5, 5.41) is 9.49. The van der Waals surface area contributed by atoms with Crippen molar-refractivity contribution in [1.29, 1.82) is 5.26 Å². The van der Waals surface area contributed by atoms with Gasteiger partial charge in [-0.1, -0.05) is 18.2 Å². The Morgan fingerprint density at radius 2 is 1.76 bits per heavy atom. The summed E-state index contributed by atoms with van der Waals surface area (Å²) in [6, 6.07) is 10.2. The monoisotopic (exact) mass is 338 g/mol. The van der Waals surface area contributed by atoms with Crippen molar-refractivity contribution >= 4 is 17.5 Å². The highest BCUT2D eigenvalue weighted by Gasteiger charge is 2.25. The van der Waals surface area contributed by atoms with E-state index in [9.17, 15) is 14.9 Å². The maximum absolute atomic E-state index is 12.7. The zero-order valence-electron chi connectivity index (χ0n) is 14.4. The minimum atomic E-state index is -0.256. The molecule has 1 aromatic rings. The molecule has 1 fully saturated rings. The molecule has 2 heterocycles. The second-order valence-corrected chi connectivity index (χ2v) is 6.38. The molecule has 3 rings (SSSR count). The van der Waals surface area contributed by atoms with E-state index >= 15 is 0 Å². The number of carbonyl (C=O) groups excluding carboxylic acids is 2. The fraction of sp³-hybridized carbons (Fsp3) is 0.421. The molecule has 0 atom stereocenters. The van der Waals surface area contributed by atoms with Crippen LogP contribution in [0.5, 0.6) is 0 Å². The first-order chi connectivity index (χ1) is 12.1. The van der Waals surface area contributed by atoms with Gasteiger partial charge in [0.15, 0.2) is 0 Å². The number of hydrogen-bond acceptors (Lipinski definition) is 4. The van der Waals surface area contributed by atoms with E-state index in [2.05, 4.69) is 12.1 Å². The van der Waals surface area contributed by atoms with E-state index in [0.29, 0.717) is 26.2 Å². The summed E-state index contributed by atoms with van der Waals surface area (Å²) in [5.74, 6) is -0.234. The molecule has 25 heavy (non-hydrogen) atoms. The predicted octanol–water partition coefficient (Wildman–Crippen LogP) is 1.54. The first-order valence-electron chi connectivity index (χ1n) is 8.61. The number of anilines is 1. The smallest absolute Gasteiger partial charge is 0.266 e. The van der Waals surface area contributed by atoms with Gasteiger partial charge in [-0.2, -0.15) is 5.26 Å². The third-order valence-corrected chi connectivity index (χ3v) is 4.79. The second-order valence-electron chi connectivity index (χ2n) is 6.38. The fourth-order valence-corrected chi connectivity index (χ4v) is 3.38. The van der Waals surface area contributed by atoms with E-state index in [1.165, 1.54) is 12.5 Å². The topological polar surface area (TPSA) is 67.6 Å². The summed E-state index contributed by atoms with van der Waals surface area (Å²) in [6.45, 7) is 4.31. The number of fused-ring (bicyclic) bond motifs is 1. The summed E-state index contributed by atoms with van der Waals surface area (Å²) in [7, 11) is 0. The van der Waals surface area contributed by atoms with Gasteiger partial charge in [-0.15, -0.1) is 0 Å². The highest BCUT2D eigenvalue weighted by atomic mass is 16.2. The number of amides is 2. The third kappa shape index (κ3) is 3.66. The Bertz CT molecular complexity index is 742. The number of para-hydroxylation sites is 1. The maximum atomic E-state index is 12.7. The van der Waals surface area contributed by atoms with E-state index < -0.39 is 0 Å². The SMILES string of the molecule is CC(=O)N1CCN(C(=O)/C(C#N)=C\N2CCCc3ccccc32)CC1. The molecule has 0 unspecified atom stereocenters. The Labute approximate surface area is 147 Å². The average Bonchev–Trinajstić information content (AvgIpc) is 2.65. The van der Waals surface area contributed by atoms with Gasteiger partial charge >= 0.3 is 0 Å². The van der Waals surface area contributed by atoms with Gasteiger partial charge in [-0.25, -0.2) is 0 Å². The van der Waals surface area contributed by atoms with Gasteiger partial charge in [-0.3, -0.25) is 9.59 Å². The van der Waals surface area contributed by atoms with Crippen molar-refractivity contribution in [3.63, 3.8) is 0 Å². The summed E-state index contributed by atoms with van der Waals surface area (Å²) in [6.07, 6.45) is 3.69. The minimum absolute atomic E-state index is 0.0214. The van der Waals surface area contributed by atoms with Crippen molar-refractivity contribution in [3.8, 4) is 6.07 Å². The van der Waals surface area contributed by atoms with Crippen LogP contribution < -0.4 is 4.90 Å². The number of rotatable bonds is 2. The molecule has 1 aromatic carbocycles. The third-order valence-electron chi connectivity index (χ3n) is 4.79. The number of piperazine rings is 1. The molecule has 6 nitrogen and oxygen atoms in total. The standard InChI is InChI=1S/C19H22N4O2/c1-15(24)21-9-11-22(12-10-21)19(25)17(13-20)14-23-8-4-6-16-5-2-3-7-18(16)23/h2-3,5,7,14H,4,6,8-12H2,1H3/b17-14-. The predicted molar refractivity (Wildman–Crippen MR) is 94.6 cm³/mol. The van der Waals surface area contributed by atoms with Crippen molar-refractivity contribution in [2.24, 2.45) is 0 Å². The Morgan fingerprint density at radius 1 is 1.08 bits per heavy atom. The average molecular weight is 338 g/mol. The Morgan fingerprint density at radius 3 is 2.44 bits per heavy atom. The fourth-order valence-electron chi connectivity index (χ4n) is 3.38. The lowest BCUT2D eigenvalue weighted by Crippen LogP contribution is -2.50. The van der Waals surface area contributed by atoms with Crippen LogP contribution in [0.4, 0.5) is 5.69 Å². The Hall–Kier alpha value is -2.81. The molecule has 130 valence electrons. The van der Waals surface area contributed by atoms with Crippen LogP contribution in [0.1, 0.15) is 18.9 Å². The van der Waals surface area contributed by atoms with E-state index in [4.69, 9.17) is 0 Å². The molecule has 2 aliphatic heterocycles. The normalized spacial score (nSPS) is 17.8. The second kappa shape index (κ2) is 7.39. The lowest BCUT2D eigenvalue weighted by atomic mass is 10.0. The van der Waals surface area contributed by atoms with Crippen LogP contribution in [-0.2, 0) is 16.0 Å². The largest absolute Gasteiger partial charge is 0.346 e. The maximum Gasteiger partial charge on any atom is 0.266 e. The molecule has 0 saturated carbocycles. The van der Waals surface area contributed by atoms with Crippen molar-refractivity contribution in [2.45, 2.75) is 19.8 Å². The van der Waals surface area contributed by atoms with Gasteiger partial charge in [0.05, 0.1) is 0 Å². The number of nitrogens with zero attached hydrogens (tertiary/aromatic N) is 4. The lowest BCUT2D eigenvalue weighted by Gasteiger charge is -2.34. The molecule has 2 amide bonds. The summed E-state index contributed by atoms with van der Waals surface area (Å²) in [4.78, 5) is 29.5. The highest BCUT2D eigenvalue weighted by molar-refractivity contribution is 5.97. The summed E-state index contributed by atoms with van der Waals surface area (Å²) in [5.41, 5.74) is 2.45. The van der Waals surface area contributed by atoms with Gasteiger partial charge in [0.1, 0.15) is 11.6 Å². The molecule has 0 aliphatic carbocycles. The molecule has 0 spiro atoms. The number of carbonyl (C=O) groups is 2. The van der Waals surface area contributed by atoms with Crippen molar-refractivity contribution < 1.29 is 9.59 Å². The molecular weight excluding hydrogens is 316 g/mol.